The van der Waals surface area contributed by atoms with Crippen LogP contribution in [0.3, 0.4) is 0 Å². The number of piperidine rings is 1. The summed E-state index contributed by atoms with van der Waals surface area (Å²) < 4.78 is 28.6. The van der Waals surface area contributed by atoms with Crippen molar-refractivity contribution in [3.63, 3.8) is 0 Å². The third-order valence-corrected chi connectivity index (χ3v) is 3.80. The van der Waals surface area contributed by atoms with E-state index in [1.165, 1.54) is 12.1 Å². The fourth-order valence-electron chi connectivity index (χ4n) is 2.75. The zero-order valence-electron chi connectivity index (χ0n) is 13.1. The topological polar surface area (TPSA) is 41.6 Å². The fraction of sp³-hybridized carbons (Fsp3) is 0.562. The molecular formula is C16H23ClF2N2O2. The molecular weight excluding hydrogens is 326 g/mol. The van der Waals surface area contributed by atoms with E-state index in [0.717, 1.165) is 32.4 Å². The quantitative estimate of drug-likeness (QED) is 0.857. The van der Waals surface area contributed by atoms with Crippen LogP contribution in [-0.2, 0) is 0 Å². The number of alkyl halides is 2. The van der Waals surface area contributed by atoms with Crippen LogP contribution in [0, 0.1) is 0 Å². The summed E-state index contributed by atoms with van der Waals surface area (Å²) in [7, 11) is 0. The number of halogens is 3. The molecule has 1 aliphatic rings. The molecule has 23 heavy (non-hydrogen) atoms. The molecule has 0 unspecified atom stereocenters. The number of benzene rings is 1. The Labute approximate surface area is 141 Å². The van der Waals surface area contributed by atoms with Crippen LogP contribution >= 0.6 is 12.4 Å². The normalized spacial score (nSPS) is 15.1. The van der Waals surface area contributed by atoms with Crippen LogP contribution in [0.5, 0.6) is 5.75 Å². The summed E-state index contributed by atoms with van der Waals surface area (Å²) in [6.45, 7) is 1.73. The summed E-state index contributed by atoms with van der Waals surface area (Å²) in [5, 5.41) is 3.29. The molecule has 0 radical (unpaired) electrons. The van der Waals surface area contributed by atoms with E-state index in [2.05, 4.69) is 10.1 Å². The van der Waals surface area contributed by atoms with Crippen molar-refractivity contribution in [1.82, 2.24) is 10.2 Å². The Bertz CT molecular complexity index is 479. The smallest absolute Gasteiger partial charge is 0.387 e. The van der Waals surface area contributed by atoms with E-state index < -0.39 is 6.61 Å². The van der Waals surface area contributed by atoms with Gasteiger partial charge in [-0.1, -0.05) is 6.92 Å². The Morgan fingerprint density at radius 2 is 1.91 bits per heavy atom. The zero-order chi connectivity index (χ0) is 15.9. The van der Waals surface area contributed by atoms with Crippen LogP contribution in [0.25, 0.3) is 0 Å². The molecule has 4 nitrogen and oxygen atoms in total. The van der Waals surface area contributed by atoms with E-state index in [9.17, 15) is 13.6 Å². The maximum atomic E-state index is 12.7. The number of amides is 1. The minimum absolute atomic E-state index is 0. The molecule has 1 aromatic rings. The average Bonchev–Trinajstić information content (AvgIpc) is 2.53. The molecule has 0 aliphatic carbocycles. The summed E-state index contributed by atoms with van der Waals surface area (Å²) in [4.78, 5) is 14.6. The molecule has 1 heterocycles. The largest absolute Gasteiger partial charge is 0.435 e. The highest BCUT2D eigenvalue weighted by Gasteiger charge is 2.25. The minimum Gasteiger partial charge on any atom is -0.435 e. The van der Waals surface area contributed by atoms with Crippen LogP contribution < -0.4 is 10.1 Å². The van der Waals surface area contributed by atoms with Crippen LogP contribution in [0.15, 0.2) is 24.3 Å². The summed E-state index contributed by atoms with van der Waals surface area (Å²) >= 11 is 0. The number of rotatable bonds is 6. The van der Waals surface area contributed by atoms with Crippen LogP contribution in [0.4, 0.5) is 8.78 Å². The molecule has 1 fully saturated rings. The molecule has 7 heteroatoms. The van der Waals surface area contributed by atoms with Gasteiger partial charge in [0.25, 0.3) is 5.91 Å². The molecule has 0 saturated carbocycles. The van der Waals surface area contributed by atoms with Gasteiger partial charge >= 0.3 is 6.61 Å². The van der Waals surface area contributed by atoms with Gasteiger partial charge < -0.3 is 15.0 Å². The lowest BCUT2D eigenvalue weighted by Crippen LogP contribution is -2.46. The van der Waals surface area contributed by atoms with Crippen molar-refractivity contribution in [3.8, 4) is 5.75 Å². The molecule has 0 bridgehead atoms. The lowest BCUT2D eigenvalue weighted by molar-refractivity contribution is -0.0498. The maximum Gasteiger partial charge on any atom is 0.387 e. The molecule has 0 spiro atoms. The molecule has 0 aromatic heterocycles. The lowest BCUT2D eigenvalue weighted by atomic mass is 10.0. The summed E-state index contributed by atoms with van der Waals surface area (Å²) in [5.74, 6) is 0.0211. The third kappa shape index (κ3) is 5.62. The molecule has 130 valence electrons. The lowest BCUT2D eigenvalue weighted by Gasteiger charge is -2.34. The first kappa shape index (κ1) is 19.6. The number of hydrogen-bond acceptors (Lipinski definition) is 3. The van der Waals surface area contributed by atoms with E-state index in [1.54, 1.807) is 12.1 Å². The van der Waals surface area contributed by atoms with Gasteiger partial charge in [0.05, 0.1) is 0 Å². The Morgan fingerprint density at radius 1 is 1.30 bits per heavy atom. The standard InChI is InChI=1S/C16H22F2N2O2.ClH/c1-2-11-20(13-7-9-19-10-8-13)15(21)12-3-5-14(6-4-12)22-16(17)18;/h3-6,13,16,19H,2,7-11H2,1H3;1H. The Morgan fingerprint density at radius 3 is 2.43 bits per heavy atom. The number of carbonyl (C=O) groups is 1. The molecule has 1 N–H and O–H groups in total. The zero-order valence-corrected chi connectivity index (χ0v) is 14.0. The van der Waals surface area contributed by atoms with Crippen molar-refractivity contribution in [1.29, 1.82) is 0 Å². The monoisotopic (exact) mass is 348 g/mol. The van der Waals surface area contributed by atoms with E-state index >= 15 is 0 Å². The highest BCUT2D eigenvalue weighted by Crippen LogP contribution is 2.19. The molecule has 2 rings (SSSR count). The Kier molecular flexibility index (Phi) is 8.26. The molecule has 0 atom stereocenters. The first-order chi connectivity index (χ1) is 10.6. The van der Waals surface area contributed by atoms with Crippen molar-refractivity contribution in [2.24, 2.45) is 0 Å². The van der Waals surface area contributed by atoms with Crippen molar-refractivity contribution in [2.45, 2.75) is 38.8 Å². The number of nitrogens with one attached hydrogen (secondary N) is 1. The Hall–Kier alpha value is -1.40. The summed E-state index contributed by atoms with van der Waals surface area (Å²) in [6.07, 6.45) is 2.78. The highest BCUT2D eigenvalue weighted by molar-refractivity contribution is 5.94. The first-order valence-electron chi connectivity index (χ1n) is 7.68. The van der Waals surface area contributed by atoms with Crippen molar-refractivity contribution >= 4 is 18.3 Å². The summed E-state index contributed by atoms with van der Waals surface area (Å²) in [5.41, 5.74) is 0.508. The second kappa shape index (κ2) is 9.67. The maximum absolute atomic E-state index is 12.7. The third-order valence-electron chi connectivity index (χ3n) is 3.80. The summed E-state index contributed by atoms with van der Waals surface area (Å²) in [6, 6.07) is 6.15. The average molecular weight is 349 g/mol. The van der Waals surface area contributed by atoms with Crippen molar-refractivity contribution in [2.75, 3.05) is 19.6 Å². The highest BCUT2D eigenvalue weighted by atomic mass is 35.5. The van der Waals surface area contributed by atoms with Gasteiger partial charge in [-0.15, -0.1) is 12.4 Å². The minimum atomic E-state index is -2.85. The molecule has 1 amide bonds. The van der Waals surface area contributed by atoms with E-state index in [-0.39, 0.29) is 30.1 Å². The van der Waals surface area contributed by atoms with E-state index in [4.69, 9.17) is 0 Å². The number of carbonyl (C=O) groups excluding carboxylic acids is 1. The van der Waals surface area contributed by atoms with Crippen molar-refractivity contribution < 1.29 is 18.3 Å². The second-order valence-electron chi connectivity index (χ2n) is 5.38. The van der Waals surface area contributed by atoms with Crippen molar-refractivity contribution in [3.05, 3.63) is 29.8 Å². The van der Waals surface area contributed by atoms with Gasteiger partial charge in [-0.25, -0.2) is 0 Å². The Balaban J connectivity index is 0.00000264. The van der Waals surface area contributed by atoms with Gasteiger partial charge in [0, 0.05) is 18.2 Å². The van der Waals surface area contributed by atoms with E-state index in [1.807, 2.05) is 11.8 Å². The predicted molar refractivity (Wildman–Crippen MR) is 87.5 cm³/mol. The van der Waals surface area contributed by atoms with Gasteiger partial charge in [-0.2, -0.15) is 8.78 Å². The van der Waals surface area contributed by atoms with Gasteiger partial charge in [0.1, 0.15) is 5.75 Å². The molecule has 1 aliphatic heterocycles. The first-order valence-corrected chi connectivity index (χ1v) is 7.68. The van der Waals surface area contributed by atoms with E-state index in [0.29, 0.717) is 12.1 Å². The molecule has 1 aromatic carbocycles. The fourth-order valence-corrected chi connectivity index (χ4v) is 2.75. The number of ether oxygens (including phenoxy) is 1. The van der Waals surface area contributed by atoms with Gasteiger partial charge in [-0.05, 0) is 56.6 Å². The SMILES string of the molecule is CCCN(C(=O)c1ccc(OC(F)F)cc1)C1CCNCC1.Cl. The van der Waals surface area contributed by atoms with Crippen LogP contribution in [-0.4, -0.2) is 43.1 Å². The number of nitrogens with zero attached hydrogens (tertiary/aromatic N) is 1. The van der Waals surface area contributed by atoms with Crippen LogP contribution in [0.2, 0.25) is 0 Å². The van der Waals surface area contributed by atoms with Gasteiger partial charge in [0.15, 0.2) is 0 Å². The van der Waals surface area contributed by atoms with Gasteiger partial charge in [0.2, 0.25) is 0 Å². The predicted octanol–water partition coefficient (Wildman–Crippen LogP) is 3.31. The van der Waals surface area contributed by atoms with Gasteiger partial charge in [-0.3, -0.25) is 4.79 Å². The second-order valence-corrected chi connectivity index (χ2v) is 5.38. The molecule has 1 saturated heterocycles. The van der Waals surface area contributed by atoms with Crippen LogP contribution in [0.1, 0.15) is 36.5 Å². The number of hydrogen-bond donors (Lipinski definition) is 1.